The van der Waals surface area contributed by atoms with Crippen LogP contribution >= 0.6 is 0 Å². The fraction of sp³-hybridized carbons (Fsp3) is 0.0781. The largest absolute Gasteiger partial charge is 0.509 e. The monoisotopic (exact) mass is 1140 g/mol. The summed E-state index contributed by atoms with van der Waals surface area (Å²) >= 11 is 0. The van der Waals surface area contributed by atoms with Crippen LogP contribution in [0, 0.1) is 18.8 Å². The maximum Gasteiger partial charge on any atom is 0.135 e. The van der Waals surface area contributed by atoms with Gasteiger partial charge in [-0.05, 0) is 64.5 Å². The number of aromatic nitrogens is 5. The number of pyridine rings is 2. The Hall–Kier alpha value is -8.45. The van der Waals surface area contributed by atoms with E-state index >= 15 is 0 Å². The SMILES string of the molecule is [2H]C([2H])([2H])n1c2ccccc2c2c(-c3ccccc3)c3c4ccccc4n(C([2H])([2H])[2H])c3c(N3[CH-]N(c4[c-]c(Oc5[c-]c6c(cc5)c5ccncc5n6-c5cc(C(c6ccccc6)(C([2H])([2H])[2H])C([2H])([2H])[2H])ccn5)ccc4)c4ccccc43)c21.[Pt]. The number of nitrogens with zero attached hydrogens (tertiary/aromatic N) is 7. The van der Waals surface area contributed by atoms with Crippen LogP contribution in [0.3, 0.4) is 0 Å². The van der Waals surface area contributed by atoms with Gasteiger partial charge in [0, 0.05) is 130 Å². The van der Waals surface area contributed by atoms with E-state index in [0.29, 0.717) is 88.7 Å². The van der Waals surface area contributed by atoms with E-state index < -0.39 is 33.1 Å². The molecule has 5 aromatic heterocycles. The Morgan fingerprint density at radius 1 is 0.562 bits per heavy atom. The third-order valence-electron chi connectivity index (χ3n) is 13.9. The molecule has 9 heteroatoms. The first kappa shape index (κ1) is 33.2. The van der Waals surface area contributed by atoms with E-state index in [9.17, 15) is 8.22 Å². The van der Waals surface area contributed by atoms with Crippen molar-refractivity contribution >= 4 is 88.2 Å². The van der Waals surface area contributed by atoms with E-state index in [4.69, 9.17) is 17.9 Å². The summed E-state index contributed by atoms with van der Waals surface area (Å²) in [6.45, 7) is -9.71. The van der Waals surface area contributed by atoms with Gasteiger partial charge in [-0.25, -0.2) is 4.98 Å². The Morgan fingerprint density at radius 3 is 1.93 bits per heavy atom. The summed E-state index contributed by atoms with van der Waals surface area (Å²) in [5.41, 5.74) is 4.00. The van der Waals surface area contributed by atoms with E-state index in [2.05, 4.69) is 17.1 Å². The molecule has 13 aromatic rings. The molecule has 0 bridgehead atoms. The molecule has 0 aliphatic carbocycles. The maximum absolute atomic E-state index is 9.23. The van der Waals surface area contributed by atoms with Gasteiger partial charge < -0.3 is 28.2 Å². The number of rotatable bonds is 8. The Kier molecular flexibility index (Phi) is 7.79. The molecule has 0 fully saturated rings. The van der Waals surface area contributed by atoms with E-state index in [0.717, 1.165) is 16.3 Å². The smallest absolute Gasteiger partial charge is 0.135 e. The van der Waals surface area contributed by atoms with Gasteiger partial charge in [-0.3, -0.25) is 4.98 Å². The summed E-state index contributed by atoms with van der Waals surface area (Å²) in [5, 5.41) is 4.18. The van der Waals surface area contributed by atoms with Crippen LogP contribution in [0.4, 0.5) is 22.7 Å². The Balaban J connectivity index is 0.00000672. The molecule has 0 amide bonds. The standard InChI is InChI=1S/C64H46N7O.Pt/c1-64(2,42-20-9-6-10-21-42)43-32-35-66-57(36-43)71-55-38-46(30-31-47(55)48-33-34-65-39-56(48)71)72-45-23-17-22-44(37-45)69-40-70(54-29-16-15-28-53(54)69)63-61-59(49-24-11-13-26-51(49)67(61)3)58(41-18-7-5-8-19-41)60-50-25-12-14-27-52(50)68(4)62(60)63;/h5-36,39-40H,1-4H3;/q-3;/i1D3,2D3,3D3,4D3;. The predicted octanol–water partition coefficient (Wildman–Crippen LogP) is 15.7. The number of anilines is 4. The summed E-state index contributed by atoms with van der Waals surface area (Å²) in [7, 11) is 0. The number of para-hydroxylation sites is 4. The zero-order chi connectivity index (χ0) is 58.2. The van der Waals surface area contributed by atoms with Crippen LogP contribution in [0.1, 0.15) is 41.3 Å². The van der Waals surface area contributed by atoms with Gasteiger partial charge in [0.1, 0.15) is 5.82 Å². The molecule has 6 heterocycles. The average Bonchev–Trinajstić information content (AvgIpc) is 1.61. The molecule has 0 radical (unpaired) electrons. The Morgan fingerprint density at radius 2 is 1.22 bits per heavy atom. The van der Waals surface area contributed by atoms with Crippen LogP contribution in [0.25, 0.3) is 82.4 Å². The van der Waals surface area contributed by atoms with Crippen LogP contribution in [0.2, 0.25) is 0 Å². The van der Waals surface area contributed by atoms with Crippen molar-refractivity contribution < 1.29 is 42.3 Å². The number of ether oxygens (including phenoxy) is 1. The zero-order valence-electron chi connectivity index (χ0n) is 50.5. The predicted molar refractivity (Wildman–Crippen MR) is 294 cm³/mol. The molecule has 1 aliphatic rings. The van der Waals surface area contributed by atoms with Crippen molar-refractivity contribution in [3.8, 4) is 28.4 Å². The molecule has 0 atom stereocenters. The molecule has 14 rings (SSSR count). The molecular formula is C64H46N7OPt-3. The topological polar surface area (TPSA) is 56.3 Å². The fourth-order valence-electron chi connectivity index (χ4n) is 10.7. The molecule has 0 unspecified atom stereocenters. The van der Waals surface area contributed by atoms with E-state index in [1.54, 1.807) is 71.6 Å². The van der Waals surface area contributed by atoms with Gasteiger partial charge in [0.05, 0.1) is 28.4 Å². The molecule has 8 aromatic carbocycles. The molecule has 73 heavy (non-hydrogen) atoms. The Bertz CT molecular complexity index is 4660. The normalized spacial score (nSPS) is 15.8. The van der Waals surface area contributed by atoms with Crippen molar-refractivity contribution in [3.63, 3.8) is 0 Å². The average molecular weight is 1140 g/mol. The number of hydrogen-bond acceptors (Lipinski definition) is 5. The third-order valence-corrected chi connectivity index (χ3v) is 13.9. The van der Waals surface area contributed by atoms with Crippen LogP contribution in [-0.2, 0) is 40.4 Å². The van der Waals surface area contributed by atoms with Crippen LogP contribution in [0.15, 0.2) is 201 Å². The molecule has 0 spiro atoms. The number of benzene rings is 8. The summed E-state index contributed by atoms with van der Waals surface area (Å²) in [6.07, 6.45) is 4.72. The summed E-state index contributed by atoms with van der Waals surface area (Å²) in [5.74, 6) is 0.798. The summed E-state index contributed by atoms with van der Waals surface area (Å²) < 4.78 is 119. The second kappa shape index (κ2) is 17.1. The summed E-state index contributed by atoms with van der Waals surface area (Å²) in [6, 6.07) is 60.8. The molecule has 0 N–H and O–H groups in total. The number of fused-ring (bicyclic) bond motifs is 10. The van der Waals surface area contributed by atoms with Gasteiger partial charge in [0.25, 0.3) is 0 Å². The minimum atomic E-state index is -3.03. The number of aryl methyl sites for hydroxylation is 2. The van der Waals surface area contributed by atoms with Gasteiger partial charge in [-0.15, -0.1) is 48.1 Å². The van der Waals surface area contributed by atoms with Gasteiger partial charge in [-0.2, -0.15) is 12.1 Å². The van der Waals surface area contributed by atoms with E-state index in [1.807, 2.05) is 120 Å². The first-order chi connectivity index (χ1) is 40.3. The van der Waals surface area contributed by atoms with Gasteiger partial charge in [0.15, 0.2) is 0 Å². The molecule has 0 saturated carbocycles. The van der Waals surface area contributed by atoms with Crippen molar-refractivity contribution in [1.82, 2.24) is 23.7 Å². The molecule has 1 aliphatic heterocycles. The fourth-order valence-corrected chi connectivity index (χ4v) is 10.7. The van der Waals surface area contributed by atoms with Crippen molar-refractivity contribution in [1.29, 1.82) is 0 Å². The second-order valence-corrected chi connectivity index (χ2v) is 17.9. The number of hydrogen-bond donors (Lipinski definition) is 0. The quantitative estimate of drug-likeness (QED) is 0.142. The minimum Gasteiger partial charge on any atom is -0.509 e. The Labute approximate surface area is 454 Å². The van der Waals surface area contributed by atoms with Gasteiger partial charge in [-0.1, -0.05) is 128 Å². The molecule has 0 saturated heterocycles. The van der Waals surface area contributed by atoms with Crippen molar-refractivity contribution in [2.75, 3.05) is 9.80 Å². The molecular weight excluding hydrogens is 1080 g/mol. The third kappa shape index (κ3) is 6.77. The van der Waals surface area contributed by atoms with Crippen LogP contribution < -0.4 is 14.5 Å². The van der Waals surface area contributed by atoms with Crippen LogP contribution in [0.5, 0.6) is 11.5 Å². The van der Waals surface area contributed by atoms with Crippen molar-refractivity contribution in [3.05, 3.63) is 231 Å². The molecule has 356 valence electrons. The van der Waals surface area contributed by atoms with E-state index in [1.165, 1.54) is 39.6 Å². The van der Waals surface area contributed by atoms with E-state index in [-0.39, 0.29) is 43.8 Å². The van der Waals surface area contributed by atoms with Crippen molar-refractivity contribution in [2.45, 2.75) is 19.1 Å². The summed E-state index contributed by atoms with van der Waals surface area (Å²) in [4.78, 5) is 12.9. The van der Waals surface area contributed by atoms with Gasteiger partial charge in [0.2, 0.25) is 0 Å². The second-order valence-electron chi connectivity index (χ2n) is 17.9. The first-order valence-corrected chi connectivity index (χ1v) is 23.4. The van der Waals surface area contributed by atoms with Crippen LogP contribution in [-0.4, -0.2) is 23.7 Å². The van der Waals surface area contributed by atoms with Crippen molar-refractivity contribution in [2.24, 2.45) is 14.0 Å². The van der Waals surface area contributed by atoms with Gasteiger partial charge >= 0.3 is 0 Å². The first-order valence-electron chi connectivity index (χ1n) is 29.4. The maximum atomic E-state index is 9.23. The zero-order valence-corrected chi connectivity index (χ0v) is 40.8. The molecule has 8 nitrogen and oxygen atoms in total. The minimum absolute atomic E-state index is 0.